The molecule has 0 aliphatic heterocycles. The van der Waals surface area contributed by atoms with Crippen LogP contribution in [0.2, 0.25) is 0 Å². The van der Waals surface area contributed by atoms with E-state index in [2.05, 4.69) is 42.1 Å². The van der Waals surface area contributed by atoms with Gasteiger partial charge in [-0.25, -0.2) is 9.78 Å². The first-order valence-corrected chi connectivity index (χ1v) is 13.1. The second kappa shape index (κ2) is 9.83. The first-order valence-electron chi connectivity index (χ1n) is 12.3. The Morgan fingerprint density at radius 3 is 2.70 bits per heavy atom. The molecule has 0 saturated heterocycles. The summed E-state index contributed by atoms with van der Waals surface area (Å²) >= 11 is 1.46. The number of ether oxygens (including phenoxy) is 1. The molecule has 0 fully saturated rings. The van der Waals surface area contributed by atoms with Gasteiger partial charge in [-0.05, 0) is 54.4 Å². The molecule has 1 aliphatic rings. The summed E-state index contributed by atoms with van der Waals surface area (Å²) in [7, 11) is 0. The predicted molar refractivity (Wildman–Crippen MR) is 144 cm³/mol. The molecule has 1 atom stereocenters. The molecule has 2 aromatic carbocycles. The predicted octanol–water partition coefficient (Wildman–Crippen LogP) is 6.11. The van der Waals surface area contributed by atoms with Gasteiger partial charge in [0.05, 0.1) is 22.2 Å². The van der Waals surface area contributed by atoms with E-state index in [0.29, 0.717) is 33.4 Å². The number of nitrogens with zero attached hydrogens (tertiary/aromatic N) is 2. The molecule has 1 amide bonds. The van der Waals surface area contributed by atoms with Crippen molar-refractivity contribution in [3.63, 3.8) is 0 Å². The normalized spacial score (nSPS) is 15.1. The fourth-order valence-corrected chi connectivity index (χ4v) is 6.15. The van der Waals surface area contributed by atoms with Crippen molar-refractivity contribution in [1.82, 2.24) is 9.97 Å². The van der Waals surface area contributed by atoms with Crippen molar-refractivity contribution in [3.8, 4) is 17.5 Å². The summed E-state index contributed by atoms with van der Waals surface area (Å²) in [5.41, 5.74) is 4.32. The summed E-state index contributed by atoms with van der Waals surface area (Å²) in [6, 6.07) is 16.9. The van der Waals surface area contributed by atoms with Crippen LogP contribution in [0.3, 0.4) is 0 Å². The Balaban J connectivity index is 1.28. The Kier molecular flexibility index (Phi) is 6.57. The zero-order valence-electron chi connectivity index (χ0n) is 21.1. The van der Waals surface area contributed by atoms with Gasteiger partial charge in [-0.3, -0.25) is 4.79 Å². The van der Waals surface area contributed by atoms with Crippen LogP contribution in [0.5, 0.6) is 0 Å². The number of fused-ring (bicyclic) bond motifs is 2. The van der Waals surface area contributed by atoms with Crippen molar-refractivity contribution in [1.29, 1.82) is 5.26 Å². The highest BCUT2D eigenvalue weighted by atomic mass is 32.1. The van der Waals surface area contributed by atoms with E-state index in [1.165, 1.54) is 11.3 Å². The molecule has 37 heavy (non-hydrogen) atoms. The average molecular weight is 513 g/mol. The third kappa shape index (κ3) is 5.00. The van der Waals surface area contributed by atoms with Crippen molar-refractivity contribution in [2.75, 3.05) is 11.9 Å². The van der Waals surface area contributed by atoms with Crippen LogP contribution < -0.4 is 5.32 Å². The first-order chi connectivity index (χ1) is 17.7. The number of esters is 1. The van der Waals surface area contributed by atoms with Crippen LogP contribution in [0.25, 0.3) is 22.4 Å². The SMILES string of the molecule is CC(C)(C)C1CCc2c(sc(NC(=O)COC(=O)c3ccccc3-c3nc4ccccc4[nH]3)c2C#N)C1. The van der Waals surface area contributed by atoms with Crippen LogP contribution in [-0.4, -0.2) is 28.5 Å². The lowest BCUT2D eigenvalue weighted by atomic mass is 9.72. The van der Waals surface area contributed by atoms with Gasteiger partial charge in [0.1, 0.15) is 16.9 Å². The number of anilines is 1. The van der Waals surface area contributed by atoms with E-state index in [1.807, 2.05) is 30.3 Å². The highest BCUT2D eigenvalue weighted by Crippen LogP contribution is 2.44. The fraction of sp³-hybridized carbons (Fsp3) is 0.310. The average Bonchev–Trinajstić information content (AvgIpc) is 3.47. The highest BCUT2D eigenvalue weighted by molar-refractivity contribution is 7.16. The van der Waals surface area contributed by atoms with Gasteiger partial charge >= 0.3 is 5.97 Å². The molecular formula is C29H28N4O3S. The molecule has 0 radical (unpaired) electrons. The number of hydrogen-bond donors (Lipinski definition) is 2. The van der Waals surface area contributed by atoms with E-state index >= 15 is 0 Å². The Morgan fingerprint density at radius 2 is 1.95 bits per heavy atom. The Labute approximate surface area is 219 Å². The zero-order chi connectivity index (χ0) is 26.2. The molecule has 0 saturated carbocycles. The molecule has 4 aromatic rings. The molecule has 1 unspecified atom stereocenters. The molecule has 188 valence electrons. The van der Waals surface area contributed by atoms with Gasteiger partial charge in [-0.1, -0.05) is 51.1 Å². The van der Waals surface area contributed by atoms with Crippen molar-refractivity contribution in [2.45, 2.75) is 40.0 Å². The van der Waals surface area contributed by atoms with E-state index in [1.54, 1.807) is 18.2 Å². The molecule has 7 nitrogen and oxygen atoms in total. The topological polar surface area (TPSA) is 108 Å². The summed E-state index contributed by atoms with van der Waals surface area (Å²) in [6.45, 7) is 6.27. The van der Waals surface area contributed by atoms with Gasteiger partial charge < -0.3 is 15.0 Å². The van der Waals surface area contributed by atoms with Crippen molar-refractivity contribution < 1.29 is 14.3 Å². The van der Waals surface area contributed by atoms with E-state index in [4.69, 9.17) is 4.74 Å². The number of aromatic amines is 1. The van der Waals surface area contributed by atoms with Crippen LogP contribution in [0.15, 0.2) is 48.5 Å². The number of nitrogens with one attached hydrogen (secondary N) is 2. The minimum absolute atomic E-state index is 0.185. The number of para-hydroxylation sites is 2. The van der Waals surface area contributed by atoms with E-state index in [9.17, 15) is 14.9 Å². The molecule has 2 heterocycles. The Bertz CT molecular complexity index is 1500. The Morgan fingerprint density at radius 1 is 1.19 bits per heavy atom. The summed E-state index contributed by atoms with van der Waals surface area (Å²) in [5, 5.41) is 13.1. The lowest BCUT2D eigenvalue weighted by molar-refractivity contribution is -0.119. The molecule has 8 heteroatoms. The Hall–Kier alpha value is -3.96. The third-order valence-corrected chi connectivity index (χ3v) is 8.15. The molecule has 2 aromatic heterocycles. The van der Waals surface area contributed by atoms with Crippen molar-refractivity contribution >= 4 is 39.2 Å². The fourth-order valence-electron chi connectivity index (χ4n) is 4.85. The standard InChI is InChI=1S/C29H28N4O3S/c1-29(2,3)17-12-13-18-21(15-30)27(37-24(18)14-17)33-25(34)16-36-28(35)20-9-5-4-8-19(20)26-31-22-10-6-7-11-23(22)32-26/h4-11,17H,12-14,16H2,1-3H3,(H,31,32)(H,33,34). The third-order valence-electron chi connectivity index (χ3n) is 6.98. The van der Waals surface area contributed by atoms with Crippen LogP contribution >= 0.6 is 11.3 Å². The maximum atomic E-state index is 12.9. The first kappa shape index (κ1) is 24.7. The number of carbonyl (C=O) groups excluding carboxylic acids is 2. The number of thiophene rings is 1. The minimum Gasteiger partial charge on any atom is -0.452 e. The number of aromatic nitrogens is 2. The second-order valence-corrected chi connectivity index (χ2v) is 11.5. The molecule has 1 aliphatic carbocycles. The maximum Gasteiger partial charge on any atom is 0.339 e. The van der Waals surface area contributed by atoms with Crippen LogP contribution in [0, 0.1) is 22.7 Å². The summed E-state index contributed by atoms with van der Waals surface area (Å²) < 4.78 is 5.36. The number of imidazole rings is 1. The summed E-state index contributed by atoms with van der Waals surface area (Å²) in [6.07, 6.45) is 2.76. The summed E-state index contributed by atoms with van der Waals surface area (Å²) in [5.74, 6) is -0.0154. The van der Waals surface area contributed by atoms with Crippen LogP contribution in [-0.2, 0) is 22.4 Å². The molecule has 2 N–H and O–H groups in total. The van der Waals surface area contributed by atoms with E-state index in [0.717, 1.165) is 40.7 Å². The number of hydrogen-bond acceptors (Lipinski definition) is 6. The van der Waals surface area contributed by atoms with Gasteiger partial charge in [-0.15, -0.1) is 11.3 Å². The maximum absolute atomic E-state index is 12.9. The smallest absolute Gasteiger partial charge is 0.339 e. The lowest BCUT2D eigenvalue weighted by Gasteiger charge is -2.33. The van der Waals surface area contributed by atoms with Gasteiger partial charge in [-0.2, -0.15) is 5.26 Å². The van der Waals surface area contributed by atoms with Gasteiger partial charge in [0.15, 0.2) is 6.61 Å². The van der Waals surface area contributed by atoms with Crippen LogP contribution in [0.4, 0.5) is 5.00 Å². The molecule has 0 bridgehead atoms. The van der Waals surface area contributed by atoms with Gasteiger partial charge in [0, 0.05) is 10.4 Å². The quantitative estimate of drug-likeness (QED) is 0.314. The molecule has 0 spiro atoms. The number of rotatable bonds is 5. The van der Waals surface area contributed by atoms with Crippen LogP contribution in [0.1, 0.15) is 53.6 Å². The molecule has 5 rings (SSSR count). The monoisotopic (exact) mass is 512 g/mol. The number of benzene rings is 2. The van der Waals surface area contributed by atoms with Crippen molar-refractivity contribution in [2.24, 2.45) is 11.3 Å². The number of nitriles is 1. The van der Waals surface area contributed by atoms with E-state index in [-0.39, 0.29) is 5.41 Å². The lowest BCUT2D eigenvalue weighted by Crippen LogP contribution is -2.26. The van der Waals surface area contributed by atoms with E-state index < -0.39 is 18.5 Å². The number of carbonyl (C=O) groups is 2. The molecular weight excluding hydrogens is 484 g/mol. The second-order valence-electron chi connectivity index (χ2n) is 10.4. The largest absolute Gasteiger partial charge is 0.452 e. The zero-order valence-corrected chi connectivity index (χ0v) is 21.9. The minimum atomic E-state index is -0.620. The van der Waals surface area contributed by atoms with Crippen molar-refractivity contribution in [3.05, 3.63) is 70.1 Å². The summed E-state index contributed by atoms with van der Waals surface area (Å²) in [4.78, 5) is 34.6. The number of amides is 1. The number of H-pyrrole nitrogens is 1. The van der Waals surface area contributed by atoms with Gasteiger partial charge in [0.2, 0.25) is 0 Å². The highest BCUT2D eigenvalue weighted by Gasteiger charge is 2.32. The van der Waals surface area contributed by atoms with Gasteiger partial charge in [0.25, 0.3) is 5.91 Å².